The van der Waals surface area contributed by atoms with Gasteiger partial charge in [0.05, 0.1) is 18.1 Å². The van der Waals surface area contributed by atoms with Gasteiger partial charge in [-0.2, -0.15) is 0 Å². The van der Waals surface area contributed by atoms with Gasteiger partial charge in [-0.15, -0.1) is 0 Å². The molecule has 0 aromatic carbocycles. The van der Waals surface area contributed by atoms with Crippen molar-refractivity contribution in [1.29, 1.82) is 0 Å². The molecule has 3 aliphatic rings. The topological polar surface area (TPSA) is 58.6 Å². The molecule has 1 heterocycles. The van der Waals surface area contributed by atoms with E-state index in [0.717, 1.165) is 31.8 Å². The smallest absolute Gasteiger partial charge is 0.225 e. The van der Waals surface area contributed by atoms with E-state index in [2.05, 4.69) is 5.32 Å². The molecule has 4 atom stereocenters. The van der Waals surface area contributed by atoms with E-state index in [4.69, 9.17) is 4.74 Å². The van der Waals surface area contributed by atoms with Gasteiger partial charge in [0, 0.05) is 13.2 Å². The molecule has 2 N–H and O–H groups in total. The highest BCUT2D eigenvalue weighted by Crippen LogP contribution is 2.51. The van der Waals surface area contributed by atoms with Crippen LogP contribution in [0.2, 0.25) is 0 Å². The number of fused-ring (bicyclic) bond motifs is 2. The van der Waals surface area contributed by atoms with E-state index in [-0.39, 0.29) is 11.8 Å². The summed E-state index contributed by atoms with van der Waals surface area (Å²) >= 11 is 0. The highest BCUT2D eigenvalue weighted by Gasteiger charge is 2.49. The van der Waals surface area contributed by atoms with E-state index in [1.54, 1.807) is 0 Å². The van der Waals surface area contributed by atoms with Crippen molar-refractivity contribution in [2.75, 3.05) is 19.8 Å². The number of aliphatic hydroxyl groups is 1. The molecule has 4 heteroatoms. The van der Waals surface area contributed by atoms with E-state index in [9.17, 15) is 9.90 Å². The summed E-state index contributed by atoms with van der Waals surface area (Å²) in [7, 11) is 0. The van der Waals surface area contributed by atoms with Crippen molar-refractivity contribution in [2.45, 2.75) is 50.5 Å². The maximum absolute atomic E-state index is 12.0. The van der Waals surface area contributed by atoms with Crippen LogP contribution in [0.1, 0.15) is 44.9 Å². The Morgan fingerprint density at radius 1 is 1.37 bits per heavy atom. The fourth-order valence-electron chi connectivity index (χ4n) is 4.22. The van der Waals surface area contributed by atoms with E-state index < -0.39 is 5.60 Å². The lowest BCUT2D eigenvalue weighted by molar-refractivity contribution is -0.129. The van der Waals surface area contributed by atoms with Crippen molar-refractivity contribution < 1.29 is 14.6 Å². The van der Waals surface area contributed by atoms with Crippen LogP contribution in [0.4, 0.5) is 0 Å². The lowest BCUT2D eigenvalue weighted by atomic mass is 9.82. The molecule has 4 unspecified atom stereocenters. The summed E-state index contributed by atoms with van der Waals surface area (Å²) in [6.07, 6.45) is 7.23. The van der Waals surface area contributed by atoms with Gasteiger partial charge in [0.15, 0.2) is 0 Å². The molecule has 0 aromatic heterocycles. The first-order chi connectivity index (χ1) is 9.17. The first-order valence-electron chi connectivity index (χ1n) is 7.75. The van der Waals surface area contributed by atoms with E-state index in [1.165, 1.54) is 19.3 Å². The third kappa shape index (κ3) is 2.79. The van der Waals surface area contributed by atoms with Crippen molar-refractivity contribution in [1.82, 2.24) is 5.32 Å². The van der Waals surface area contributed by atoms with E-state index in [1.807, 2.05) is 0 Å². The number of carbonyl (C=O) groups is 1. The highest BCUT2D eigenvalue weighted by atomic mass is 16.5. The Balaban J connectivity index is 1.42. The number of amides is 1. The number of nitrogens with one attached hydrogen (secondary N) is 1. The van der Waals surface area contributed by atoms with Crippen molar-refractivity contribution in [2.24, 2.45) is 17.8 Å². The van der Waals surface area contributed by atoms with Crippen LogP contribution in [0.15, 0.2) is 0 Å². The zero-order valence-electron chi connectivity index (χ0n) is 11.6. The van der Waals surface area contributed by atoms with Gasteiger partial charge in [-0.05, 0) is 56.8 Å². The Hall–Kier alpha value is -0.610. The fourth-order valence-corrected chi connectivity index (χ4v) is 4.22. The number of ether oxygens (including phenoxy) is 1. The van der Waals surface area contributed by atoms with Gasteiger partial charge in [-0.25, -0.2) is 0 Å². The summed E-state index contributed by atoms with van der Waals surface area (Å²) in [6.45, 7) is 1.95. The third-order valence-corrected chi connectivity index (χ3v) is 5.33. The molecule has 2 bridgehead atoms. The Morgan fingerprint density at radius 3 is 2.89 bits per heavy atom. The van der Waals surface area contributed by atoms with Crippen LogP contribution < -0.4 is 5.32 Å². The molecule has 19 heavy (non-hydrogen) atoms. The maximum Gasteiger partial charge on any atom is 0.225 e. The van der Waals surface area contributed by atoms with Gasteiger partial charge in [0.25, 0.3) is 0 Å². The van der Waals surface area contributed by atoms with Crippen molar-refractivity contribution in [3.05, 3.63) is 0 Å². The Labute approximate surface area is 114 Å². The first kappa shape index (κ1) is 13.4. The molecule has 0 radical (unpaired) electrons. The van der Waals surface area contributed by atoms with Crippen molar-refractivity contribution in [3.63, 3.8) is 0 Å². The molecule has 1 saturated heterocycles. The quantitative estimate of drug-likeness (QED) is 0.811. The van der Waals surface area contributed by atoms with Gasteiger partial charge < -0.3 is 15.2 Å². The van der Waals surface area contributed by atoms with Crippen LogP contribution >= 0.6 is 0 Å². The van der Waals surface area contributed by atoms with Crippen LogP contribution in [-0.2, 0) is 9.53 Å². The molecule has 108 valence electrons. The number of hydrogen-bond donors (Lipinski definition) is 2. The summed E-state index contributed by atoms with van der Waals surface area (Å²) in [6, 6.07) is 0. The van der Waals surface area contributed by atoms with Gasteiger partial charge in [0.1, 0.15) is 0 Å². The predicted octanol–water partition coefficient (Wildman–Crippen LogP) is 1.47. The van der Waals surface area contributed by atoms with E-state index in [0.29, 0.717) is 25.5 Å². The molecule has 0 spiro atoms. The molecule has 2 saturated carbocycles. The number of hydrogen-bond acceptors (Lipinski definition) is 3. The minimum absolute atomic E-state index is 0.0171. The minimum atomic E-state index is -0.501. The summed E-state index contributed by atoms with van der Waals surface area (Å²) in [5.74, 6) is 1.33. The summed E-state index contributed by atoms with van der Waals surface area (Å²) < 4.78 is 5.33. The molecular formula is C15H25NO3. The van der Waals surface area contributed by atoms with Gasteiger partial charge in [-0.3, -0.25) is 4.79 Å². The monoisotopic (exact) mass is 267 g/mol. The van der Waals surface area contributed by atoms with Crippen molar-refractivity contribution in [3.8, 4) is 0 Å². The van der Waals surface area contributed by atoms with Crippen LogP contribution in [-0.4, -0.2) is 36.4 Å². The maximum atomic E-state index is 12.0. The lowest BCUT2D eigenvalue weighted by Gasteiger charge is -2.32. The Bertz CT molecular complexity index is 340. The molecule has 1 aliphatic heterocycles. The van der Waals surface area contributed by atoms with Crippen LogP contribution in [0.3, 0.4) is 0 Å². The predicted molar refractivity (Wildman–Crippen MR) is 71.6 cm³/mol. The standard InChI is InChI=1S/C15H25NO3/c17-14(12-2-1-7-19-10-12)16-6-5-15(18)9-11-3-4-13(15)8-11/h11-13,18H,1-10H2,(H,16,17). The van der Waals surface area contributed by atoms with Crippen LogP contribution in [0.25, 0.3) is 0 Å². The molecule has 4 nitrogen and oxygen atoms in total. The molecular weight excluding hydrogens is 242 g/mol. The number of carbonyl (C=O) groups excluding carboxylic acids is 1. The SMILES string of the molecule is O=C(NCCC1(O)CC2CCC1C2)C1CCCOC1. The summed E-state index contributed by atoms with van der Waals surface area (Å²) in [5, 5.41) is 13.6. The molecule has 0 aromatic rings. The summed E-state index contributed by atoms with van der Waals surface area (Å²) in [5.41, 5.74) is -0.501. The fraction of sp³-hybridized carbons (Fsp3) is 0.933. The van der Waals surface area contributed by atoms with Gasteiger partial charge in [-0.1, -0.05) is 0 Å². The molecule has 3 rings (SSSR count). The third-order valence-electron chi connectivity index (χ3n) is 5.33. The highest BCUT2D eigenvalue weighted by molar-refractivity contribution is 5.78. The van der Waals surface area contributed by atoms with Crippen molar-refractivity contribution >= 4 is 5.91 Å². The Kier molecular flexibility index (Phi) is 3.81. The molecule has 2 aliphatic carbocycles. The second-order valence-electron chi connectivity index (χ2n) is 6.64. The Morgan fingerprint density at radius 2 is 2.26 bits per heavy atom. The first-order valence-corrected chi connectivity index (χ1v) is 7.75. The van der Waals surface area contributed by atoms with Gasteiger partial charge in [0.2, 0.25) is 5.91 Å². The molecule has 1 amide bonds. The zero-order valence-corrected chi connectivity index (χ0v) is 11.6. The summed E-state index contributed by atoms with van der Waals surface area (Å²) in [4.78, 5) is 12.0. The van der Waals surface area contributed by atoms with E-state index >= 15 is 0 Å². The number of rotatable bonds is 4. The van der Waals surface area contributed by atoms with Gasteiger partial charge >= 0.3 is 0 Å². The normalized spacial score (nSPS) is 41.4. The second-order valence-corrected chi connectivity index (χ2v) is 6.64. The lowest BCUT2D eigenvalue weighted by Crippen LogP contribution is -2.41. The average Bonchev–Trinajstić information content (AvgIpc) is 3.00. The van der Waals surface area contributed by atoms with Crippen LogP contribution in [0, 0.1) is 17.8 Å². The zero-order chi connectivity index (χ0) is 13.3. The minimum Gasteiger partial charge on any atom is -0.390 e. The van der Waals surface area contributed by atoms with Crippen LogP contribution in [0.5, 0.6) is 0 Å². The largest absolute Gasteiger partial charge is 0.390 e. The average molecular weight is 267 g/mol. The second kappa shape index (κ2) is 5.41. The molecule has 3 fully saturated rings.